The number of nitrogens with zero attached hydrogens (tertiary/aromatic N) is 1. The van der Waals surface area contributed by atoms with Crippen LogP contribution in [0.5, 0.6) is 5.88 Å². The number of alkyl halides is 2. The summed E-state index contributed by atoms with van der Waals surface area (Å²) in [7, 11) is 1.48. The number of methoxy groups -OCH3 is 1. The first-order valence-electron chi connectivity index (χ1n) is 7.93. The molecule has 1 aliphatic rings. The lowest BCUT2D eigenvalue weighted by Gasteiger charge is -2.37. The Kier molecular flexibility index (Phi) is 5.55. The Morgan fingerprint density at radius 1 is 1.48 bits per heavy atom. The number of esters is 1. The summed E-state index contributed by atoms with van der Waals surface area (Å²) in [6, 6.07) is 3.21. The Balaban J connectivity index is 2.16. The van der Waals surface area contributed by atoms with Crippen LogP contribution in [0.15, 0.2) is 18.3 Å². The molecule has 4 nitrogen and oxygen atoms in total. The minimum Gasteiger partial charge on any atom is -0.481 e. The molecular formula is C17H23F2NO3. The highest BCUT2D eigenvalue weighted by molar-refractivity contribution is 5.72. The van der Waals surface area contributed by atoms with E-state index in [1.54, 1.807) is 26.0 Å². The molecule has 0 aliphatic heterocycles. The molecule has 1 aliphatic carbocycles. The Labute approximate surface area is 135 Å². The van der Waals surface area contributed by atoms with E-state index < -0.39 is 11.8 Å². The van der Waals surface area contributed by atoms with E-state index in [0.29, 0.717) is 24.5 Å². The normalized spacial score (nSPS) is 24.7. The van der Waals surface area contributed by atoms with Gasteiger partial charge in [-0.2, -0.15) is 0 Å². The minimum atomic E-state index is -2.79. The fourth-order valence-electron chi connectivity index (χ4n) is 3.16. The molecule has 1 fully saturated rings. The van der Waals surface area contributed by atoms with Crippen molar-refractivity contribution in [3.8, 4) is 5.88 Å². The molecule has 1 heterocycles. The zero-order valence-corrected chi connectivity index (χ0v) is 13.7. The second-order valence-corrected chi connectivity index (χ2v) is 6.02. The van der Waals surface area contributed by atoms with Gasteiger partial charge >= 0.3 is 5.97 Å². The number of carbonyl (C=O) groups excluding carboxylic acids is 1. The number of hydrogen-bond donors (Lipinski definition) is 0. The van der Waals surface area contributed by atoms with Crippen molar-refractivity contribution in [2.75, 3.05) is 13.7 Å². The maximum absolute atomic E-state index is 14.3. The number of rotatable bonds is 5. The van der Waals surface area contributed by atoms with Crippen molar-refractivity contribution in [2.45, 2.75) is 45.0 Å². The predicted molar refractivity (Wildman–Crippen MR) is 81.6 cm³/mol. The standard InChI is InChI=1S/C17H23F2NO3/c1-4-23-16(21)11(2)12-7-8-17(18,19)14(9-12)13-5-6-15(22-3)20-10-13/h5-6,10-12,14H,4,7-9H2,1-3H3/t11?,12?,14-/m1/s1. The molecule has 23 heavy (non-hydrogen) atoms. The third kappa shape index (κ3) is 3.98. The van der Waals surface area contributed by atoms with Gasteiger partial charge < -0.3 is 9.47 Å². The molecule has 128 valence electrons. The lowest BCUT2D eigenvalue weighted by molar-refractivity contribution is -0.151. The number of halogens is 2. The van der Waals surface area contributed by atoms with Crippen molar-refractivity contribution in [2.24, 2.45) is 11.8 Å². The quantitative estimate of drug-likeness (QED) is 0.772. The summed E-state index contributed by atoms with van der Waals surface area (Å²) in [5.74, 6) is -4.13. The van der Waals surface area contributed by atoms with Crippen LogP contribution in [0.25, 0.3) is 0 Å². The van der Waals surface area contributed by atoms with Crippen LogP contribution in [0.3, 0.4) is 0 Å². The van der Waals surface area contributed by atoms with Crippen LogP contribution >= 0.6 is 0 Å². The van der Waals surface area contributed by atoms with Crippen molar-refractivity contribution in [1.82, 2.24) is 4.98 Å². The zero-order valence-electron chi connectivity index (χ0n) is 13.7. The highest BCUT2D eigenvalue weighted by Gasteiger charge is 2.47. The van der Waals surface area contributed by atoms with Gasteiger partial charge in [-0.05, 0) is 31.2 Å². The molecule has 0 radical (unpaired) electrons. The van der Waals surface area contributed by atoms with Gasteiger partial charge in [0, 0.05) is 24.6 Å². The van der Waals surface area contributed by atoms with Crippen LogP contribution in [0.2, 0.25) is 0 Å². The second kappa shape index (κ2) is 7.23. The van der Waals surface area contributed by atoms with E-state index in [2.05, 4.69) is 4.98 Å². The van der Waals surface area contributed by atoms with Crippen molar-refractivity contribution in [3.05, 3.63) is 23.9 Å². The molecule has 1 aromatic heterocycles. The SMILES string of the molecule is CCOC(=O)C(C)C1CCC(F)(F)[C@@H](c2ccc(OC)nc2)C1. The fraction of sp³-hybridized carbons (Fsp3) is 0.647. The minimum absolute atomic E-state index is 0.110. The van der Waals surface area contributed by atoms with E-state index in [1.807, 2.05) is 0 Å². The molecule has 3 atom stereocenters. The predicted octanol–water partition coefficient (Wildman–Crippen LogP) is 3.81. The number of hydrogen-bond acceptors (Lipinski definition) is 4. The molecule has 1 saturated carbocycles. The van der Waals surface area contributed by atoms with Crippen LogP contribution < -0.4 is 4.74 Å². The molecule has 6 heteroatoms. The molecule has 2 unspecified atom stereocenters. The Hall–Kier alpha value is -1.72. The molecule has 0 amide bonds. The topological polar surface area (TPSA) is 48.4 Å². The van der Waals surface area contributed by atoms with E-state index in [0.717, 1.165) is 0 Å². The summed E-state index contributed by atoms with van der Waals surface area (Å²) < 4.78 is 38.7. The van der Waals surface area contributed by atoms with E-state index in [1.165, 1.54) is 13.3 Å². The van der Waals surface area contributed by atoms with E-state index in [-0.39, 0.29) is 30.6 Å². The zero-order chi connectivity index (χ0) is 17.0. The lowest BCUT2D eigenvalue weighted by atomic mass is 9.71. The largest absolute Gasteiger partial charge is 0.481 e. The Morgan fingerprint density at radius 3 is 2.78 bits per heavy atom. The molecular weight excluding hydrogens is 304 g/mol. The Morgan fingerprint density at radius 2 is 2.22 bits per heavy atom. The number of pyridine rings is 1. The van der Waals surface area contributed by atoms with E-state index >= 15 is 0 Å². The van der Waals surface area contributed by atoms with Crippen LogP contribution in [-0.2, 0) is 9.53 Å². The van der Waals surface area contributed by atoms with Crippen LogP contribution in [0, 0.1) is 11.8 Å². The Bertz CT molecular complexity index is 533. The molecule has 0 N–H and O–H groups in total. The average Bonchev–Trinajstić information content (AvgIpc) is 2.54. The van der Waals surface area contributed by atoms with Gasteiger partial charge in [0.05, 0.1) is 19.6 Å². The molecule has 2 rings (SSSR count). The summed E-state index contributed by atoms with van der Waals surface area (Å²) in [5.41, 5.74) is 0.483. The summed E-state index contributed by atoms with van der Waals surface area (Å²) in [6.45, 7) is 3.80. The van der Waals surface area contributed by atoms with Gasteiger partial charge in [0.1, 0.15) is 0 Å². The van der Waals surface area contributed by atoms with Crippen molar-refractivity contribution in [1.29, 1.82) is 0 Å². The summed E-state index contributed by atoms with van der Waals surface area (Å²) >= 11 is 0. The summed E-state index contributed by atoms with van der Waals surface area (Å²) in [5, 5.41) is 0. The number of carbonyl (C=O) groups is 1. The van der Waals surface area contributed by atoms with E-state index in [4.69, 9.17) is 9.47 Å². The highest BCUT2D eigenvalue weighted by atomic mass is 19.3. The summed E-state index contributed by atoms with van der Waals surface area (Å²) in [6.07, 6.45) is 1.79. The van der Waals surface area contributed by atoms with Crippen molar-refractivity contribution >= 4 is 5.97 Å². The van der Waals surface area contributed by atoms with Gasteiger partial charge in [0.2, 0.25) is 5.88 Å². The van der Waals surface area contributed by atoms with Gasteiger partial charge in [0.15, 0.2) is 0 Å². The summed E-state index contributed by atoms with van der Waals surface area (Å²) in [4.78, 5) is 15.9. The fourth-order valence-corrected chi connectivity index (χ4v) is 3.16. The third-order valence-electron chi connectivity index (χ3n) is 4.63. The van der Waals surface area contributed by atoms with Gasteiger partial charge in [-0.1, -0.05) is 13.0 Å². The van der Waals surface area contributed by atoms with Crippen LogP contribution in [0.1, 0.15) is 44.6 Å². The maximum atomic E-state index is 14.3. The molecule has 0 saturated heterocycles. The average molecular weight is 327 g/mol. The molecule has 0 aromatic carbocycles. The van der Waals surface area contributed by atoms with Crippen LogP contribution in [0.4, 0.5) is 8.78 Å². The smallest absolute Gasteiger partial charge is 0.308 e. The third-order valence-corrected chi connectivity index (χ3v) is 4.63. The van der Waals surface area contributed by atoms with E-state index in [9.17, 15) is 13.6 Å². The van der Waals surface area contributed by atoms with Crippen LogP contribution in [-0.4, -0.2) is 30.6 Å². The number of ether oxygens (including phenoxy) is 2. The van der Waals surface area contributed by atoms with Gasteiger partial charge in [-0.3, -0.25) is 4.79 Å². The first-order chi connectivity index (χ1) is 10.9. The van der Waals surface area contributed by atoms with Gasteiger partial charge in [-0.25, -0.2) is 13.8 Å². The first kappa shape index (κ1) is 17.6. The molecule has 1 aromatic rings. The highest BCUT2D eigenvalue weighted by Crippen LogP contribution is 2.48. The van der Waals surface area contributed by atoms with Crippen molar-refractivity contribution < 1.29 is 23.0 Å². The lowest BCUT2D eigenvalue weighted by Crippen LogP contribution is -2.37. The van der Waals surface area contributed by atoms with Gasteiger partial charge in [0.25, 0.3) is 5.92 Å². The van der Waals surface area contributed by atoms with Gasteiger partial charge in [-0.15, -0.1) is 0 Å². The van der Waals surface area contributed by atoms with Crippen molar-refractivity contribution in [3.63, 3.8) is 0 Å². The first-order valence-corrected chi connectivity index (χ1v) is 7.93. The number of aromatic nitrogens is 1. The maximum Gasteiger partial charge on any atom is 0.308 e. The molecule has 0 bridgehead atoms. The monoisotopic (exact) mass is 327 g/mol. The molecule has 0 spiro atoms. The second-order valence-electron chi connectivity index (χ2n) is 6.02.